The quantitative estimate of drug-likeness (QED) is 0.709. The molecule has 6 heteroatoms. The lowest BCUT2D eigenvalue weighted by molar-refractivity contribution is 0.381. The van der Waals surface area contributed by atoms with Crippen LogP contribution in [0.3, 0.4) is 0 Å². The van der Waals surface area contributed by atoms with Gasteiger partial charge >= 0.3 is 0 Å². The van der Waals surface area contributed by atoms with Gasteiger partial charge in [-0.25, -0.2) is 4.39 Å². The van der Waals surface area contributed by atoms with Crippen molar-refractivity contribution in [3.05, 3.63) is 69.5 Å². The first kappa shape index (κ1) is 16.7. The van der Waals surface area contributed by atoms with Gasteiger partial charge in [0.25, 0.3) is 5.56 Å². The van der Waals surface area contributed by atoms with E-state index in [0.717, 1.165) is 17.6 Å². The molecule has 0 amide bonds. The van der Waals surface area contributed by atoms with Crippen LogP contribution < -0.4 is 5.56 Å². The van der Waals surface area contributed by atoms with Gasteiger partial charge in [0, 0.05) is 32.0 Å². The standard InChI is InChI=1S/C18H19ClFN3O/c1-21(2)9-10-22-8-6-17-14(18(22)24)5-7-23(17)12-13-3-4-16(20)15(19)11-13/h3-8,11H,9-10,12H2,1-2H3. The first-order valence-electron chi connectivity index (χ1n) is 7.72. The molecule has 0 aliphatic carbocycles. The highest BCUT2D eigenvalue weighted by Gasteiger charge is 2.09. The van der Waals surface area contributed by atoms with Crippen molar-refractivity contribution in [2.45, 2.75) is 13.1 Å². The van der Waals surface area contributed by atoms with Crippen LogP contribution >= 0.6 is 11.6 Å². The van der Waals surface area contributed by atoms with Crippen molar-refractivity contribution in [1.29, 1.82) is 0 Å². The molecule has 0 bridgehead atoms. The molecule has 2 aromatic heterocycles. The lowest BCUT2D eigenvalue weighted by atomic mass is 10.2. The Balaban J connectivity index is 1.92. The van der Waals surface area contributed by atoms with E-state index >= 15 is 0 Å². The van der Waals surface area contributed by atoms with Crippen LogP contribution in [-0.2, 0) is 13.1 Å². The number of rotatable bonds is 5. The van der Waals surface area contributed by atoms with Crippen molar-refractivity contribution in [3.63, 3.8) is 0 Å². The van der Waals surface area contributed by atoms with E-state index in [1.54, 1.807) is 16.7 Å². The molecule has 4 nitrogen and oxygen atoms in total. The average Bonchev–Trinajstić information content (AvgIpc) is 2.94. The third kappa shape index (κ3) is 3.37. The first-order valence-corrected chi connectivity index (χ1v) is 8.10. The van der Waals surface area contributed by atoms with Crippen molar-refractivity contribution in [1.82, 2.24) is 14.0 Å². The van der Waals surface area contributed by atoms with Gasteiger partial charge in [-0.2, -0.15) is 0 Å². The highest BCUT2D eigenvalue weighted by Crippen LogP contribution is 2.19. The molecule has 0 saturated heterocycles. The van der Waals surface area contributed by atoms with E-state index in [4.69, 9.17) is 11.6 Å². The maximum absolute atomic E-state index is 13.3. The van der Waals surface area contributed by atoms with Crippen LogP contribution in [0.15, 0.2) is 47.5 Å². The Morgan fingerprint density at radius 2 is 1.88 bits per heavy atom. The summed E-state index contributed by atoms with van der Waals surface area (Å²) < 4.78 is 17.0. The Hall–Kier alpha value is -2.11. The molecule has 0 aliphatic heterocycles. The molecule has 0 spiro atoms. The van der Waals surface area contributed by atoms with E-state index in [9.17, 15) is 9.18 Å². The second-order valence-corrected chi connectivity index (χ2v) is 6.52. The zero-order valence-corrected chi connectivity index (χ0v) is 14.4. The lowest BCUT2D eigenvalue weighted by Gasteiger charge is -2.12. The van der Waals surface area contributed by atoms with Gasteiger partial charge in [0.1, 0.15) is 5.82 Å². The monoisotopic (exact) mass is 347 g/mol. The summed E-state index contributed by atoms with van der Waals surface area (Å²) in [4.78, 5) is 14.6. The predicted molar refractivity (Wildman–Crippen MR) is 95.3 cm³/mol. The van der Waals surface area contributed by atoms with E-state index in [1.165, 1.54) is 6.07 Å². The van der Waals surface area contributed by atoms with Crippen LogP contribution in [0.1, 0.15) is 5.56 Å². The Labute approximate surface area is 144 Å². The summed E-state index contributed by atoms with van der Waals surface area (Å²) in [5, 5.41) is 0.791. The Bertz CT molecular complexity index is 930. The SMILES string of the molecule is CN(C)CCn1ccc2c(ccn2Cc2ccc(F)c(Cl)c2)c1=O. The molecule has 1 aromatic carbocycles. The van der Waals surface area contributed by atoms with Gasteiger partial charge in [0.15, 0.2) is 0 Å². The Kier molecular flexibility index (Phi) is 4.73. The van der Waals surface area contributed by atoms with Crippen molar-refractivity contribution >= 4 is 22.5 Å². The normalized spacial score (nSPS) is 11.5. The topological polar surface area (TPSA) is 30.2 Å². The first-order chi connectivity index (χ1) is 11.5. The van der Waals surface area contributed by atoms with E-state index < -0.39 is 5.82 Å². The van der Waals surface area contributed by atoms with Crippen LogP contribution in [0.5, 0.6) is 0 Å². The molecular formula is C18H19ClFN3O. The molecule has 3 aromatic rings. The number of hydrogen-bond donors (Lipinski definition) is 0. The highest BCUT2D eigenvalue weighted by molar-refractivity contribution is 6.30. The molecule has 0 unspecified atom stereocenters. The smallest absolute Gasteiger partial charge is 0.260 e. The van der Waals surface area contributed by atoms with Crippen LogP contribution in [-0.4, -0.2) is 34.7 Å². The molecule has 2 heterocycles. The number of aromatic nitrogens is 2. The summed E-state index contributed by atoms with van der Waals surface area (Å²) in [5.74, 6) is -0.429. The number of pyridine rings is 1. The van der Waals surface area contributed by atoms with Crippen molar-refractivity contribution in [2.75, 3.05) is 20.6 Å². The van der Waals surface area contributed by atoms with E-state index in [-0.39, 0.29) is 10.6 Å². The highest BCUT2D eigenvalue weighted by atomic mass is 35.5. The molecule has 0 saturated carbocycles. The van der Waals surface area contributed by atoms with Crippen LogP contribution in [0.4, 0.5) is 4.39 Å². The van der Waals surface area contributed by atoms with Crippen molar-refractivity contribution in [2.24, 2.45) is 0 Å². The third-order valence-electron chi connectivity index (χ3n) is 4.04. The molecular weight excluding hydrogens is 329 g/mol. The fraction of sp³-hybridized carbons (Fsp3) is 0.278. The molecule has 0 radical (unpaired) electrons. The molecule has 126 valence electrons. The van der Waals surface area contributed by atoms with E-state index in [1.807, 2.05) is 48.1 Å². The second kappa shape index (κ2) is 6.79. The predicted octanol–water partition coefficient (Wildman–Crippen LogP) is 3.21. The minimum absolute atomic E-state index is 0.00485. The van der Waals surface area contributed by atoms with Crippen molar-refractivity contribution in [3.8, 4) is 0 Å². The van der Waals surface area contributed by atoms with Crippen molar-refractivity contribution < 1.29 is 4.39 Å². The number of likely N-dealkylation sites (N-methyl/N-ethyl adjacent to an activating group) is 1. The fourth-order valence-electron chi connectivity index (χ4n) is 2.69. The summed E-state index contributed by atoms with van der Waals surface area (Å²) >= 11 is 5.84. The Morgan fingerprint density at radius 1 is 1.12 bits per heavy atom. The zero-order chi connectivity index (χ0) is 17.3. The minimum Gasteiger partial charge on any atom is -0.343 e. The lowest BCUT2D eigenvalue weighted by Crippen LogP contribution is -2.26. The van der Waals surface area contributed by atoms with Gasteiger partial charge in [-0.15, -0.1) is 0 Å². The molecule has 0 N–H and O–H groups in total. The molecule has 0 fully saturated rings. The van der Waals surface area contributed by atoms with Crippen LogP contribution in [0, 0.1) is 5.82 Å². The summed E-state index contributed by atoms with van der Waals surface area (Å²) in [6.07, 6.45) is 3.70. The number of fused-ring (bicyclic) bond motifs is 1. The van der Waals surface area contributed by atoms with E-state index in [2.05, 4.69) is 0 Å². The van der Waals surface area contributed by atoms with Gasteiger partial charge in [0.2, 0.25) is 0 Å². The molecule has 0 atom stereocenters. The van der Waals surface area contributed by atoms with Gasteiger partial charge in [-0.3, -0.25) is 4.79 Å². The van der Waals surface area contributed by atoms with Gasteiger partial charge in [-0.05, 0) is 43.9 Å². The fourth-order valence-corrected chi connectivity index (χ4v) is 2.89. The van der Waals surface area contributed by atoms with E-state index in [0.29, 0.717) is 18.5 Å². The van der Waals surface area contributed by atoms with Gasteiger partial charge < -0.3 is 14.0 Å². The zero-order valence-electron chi connectivity index (χ0n) is 13.7. The number of halogens is 2. The van der Waals surface area contributed by atoms with Crippen LogP contribution in [0.2, 0.25) is 5.02 Å². The van der Waals surface area contributed by atoms with Gasteiger partial charge in [0.05, 0.1) is 15.9 Å². The largest absolute Gasteiger partial charge is 0.343 e. The summed E-state index contributed by atoms with van der Waals surface area (Å²) in [6.45, 7) is 1.99. The van der Waals surface area contributed by atoms with Gasteiger partial charge in [-0.1, -0.05) is 17.7 Å². The summed E-state index contributed by atoms with van der Waals surface area (Å²) in [5.41, 5.74) is 1.75. The number of benzene rings is 1. The third-order valence-corrected chi connectivity index (χ3v) is 4.32. The maximum atomic E-state index is 13.3. The molecule has 0 aliphatic rings. The molecule has 3 rings (SSSR count). The molecule has 24 heavy (non-hydrogen) atoms. The Morgan fingerprint density at radius 3 is 2.58 bits per heavy atom. The summed E-state index contributed by atoms with van der Waals surface area (Å²) in [6, 6.07) is 8.44. The second-order valence-electron chi connectivity index (χ2n) is 6.11. The summed E-state index contributed by atoms with van der Waals surface area (Å²) in [7, 11) is 3.96. The average molecular weight is 348 g/mol. The van der Waals surface area contributed by atoms with Crippen LogP contribution in [0.25, 0.3) is 10.9 Å². The minimum atomic E-state index is -0.429. The number of nitrogens with zero attached hydrogens (tertiary/aromatic N) is 3. The maximum Gasteiger partial charge on any atom is 0.260 e. The number of hydrogen-bond acceptors (Lipinski definition) is 2.